The summed E-state index contributed by atoms with van der Waals surface area (Å²) in [6, 6.07) is 0. The van der Waals surface area contributed by atoms with Gasteiger partial charge in [0.05, 0.1) is 6.26 Å². The number of ether oxygens (including phenoxy) is 1. The molecule has 0 unspecified atom stereocenters. The van der Waals surface area contributed by atoms with Crippen LogP contribution in [-0.2, 0) is 19.6 Å². The molecule has 0 spiro atoms. The van der Waals surface area contributed by atoms with Gasteiger partial charge in [0, 0.05) is 38.8 Å². The van der Waals surface area contributed by atoms with Crippen LogP contribution in [-0.4, -0.2) is 57.7 Å². The molecule has 21 heavy (non-hydrogen) atoms. The van der Waals surface area contributed by atoms with Gasteiger partial charge in [-0.1, -0.05) is 13.8 Å². The molecule has 0 radical (unpaired) electrons. The molecule has 0 saturated carbocycles. The number of hydrogen-bond donors (Lipinski definition) is 1. The van der Waals surface area contributed by atoms with Crippen molar-refractivity contribution in [1.82, 2.24) is 9.62 Å². The number of amides is 1. The van der Waals surface area contributed by atoms with Gasteiger partial charge < -0.3 is 10.1 Å². The van der Waals surface area contributed by atoms with E-state index in [-0.39, 0.29) is 11.8 Å². The minimum Gasteiger partial charge on any atom is -0.381 e. The summed E-state index contributed by atoms with van der Waals surface area (Å²) in [7, 11) is -3.22. The van der Waals surface area contributed by atoms with Crippen molar-refractivity contribution in [3.8, 4) is 0 Å². The first-order chi connectivity index (χ1) is 9.80. The van der Waals surface area contributed by atoms with Crippen LogP contribution in [0.25, 0.3) is 0 Å². The van der Waals surface area contributed by atoms with Gasteiger partial charge in [-0.3, -0.25) is 4.79 Å². The molecule has 1 fully saturated rings. The third kappa shape index (κ3) is 7.24. The number of hydrogen-bond acceptors (Lipinski definition) is 4. The lowest BCUT2D eigenvalue weighted by Gasteiger charge is -2.23. The first kappa shape index (κ1) is 18.4. The fraction of sp³-hybridized carbons (Fsp3) is 0.929. The Labute approximate surface area is 128 Å². The monoisotopic (exact) mass is 320 g/mol. The van der Waals surface area contributed by atoms with Gasteiger partial charge in [0.2, 0.25) is 15.9 Å². The highest BCUT2D eigenvalue weighted by molar-refractivity contribution is 7.88. The molecule has 0 bridgehead atoms. The second-order valence-corrected chi connectivity index (χ2v) is 8.00. The van der Waals surface area contributed by atoms with Gasteiger partial charge in [0.25, 0.3) is 0 Å². The van der Waals surface area contributed by atoms with E-state index in [1.165, 1.54) is 10.6 Å². The molecule has 1 amide bonds. The van der Waals surface area contributed by atoms with E-state index in [0.29, 0.717) is 38.8 Å². The van der Waals surface area contributed by atoms with Crippen LogP contribution in [0.3, 0.4) is 0 Å². The second kappa shape index (κ2) is 8.70. The topological polar surface area (TPSA) is 75.7 Å². The first-order valence-electron chi connectivity index (χ1n) is 7.61. The minimum atomic E-state index is -3.22. The van der Waals surface area contributed by atoms with E-state index in [1.807, 2.05) is 0 Å². The van der Waals surface area contributed by atoms with Gasteiger partial charge in [0.15, 0.2) is 0 Å². The summed E-state index contributed by atoms with van der Waals surface area (Å²) < 4.78 is 30.1. The van der Waals surface area contributed by atoms with Crippen molar-refractivity contribution in [3.63, 3.8) is 0 Å². The molecule has 0 aliphatic carbocycles. The standard InChI is InChI=1S/C14H28N2O4S/c1-12(2)4-8-16(21(3,18)19)9-7-15-14(17)13-5-10-20-11-6-13/h12-13H,4-11H2,1-3H3,(H,15,17). The molecule has 0 aromatic rings. The summed E-state index contributed by atoms with van der Waals surface area (Å²) in [6.45, 7) is 6.58. The fourth-order valence-corrected chi connectivity index (χ4v) is 3.11. The van der Waals surface area contributed by atoms with Crippen LogP contribution in [0.5, 0.6) is 0 Å². The number of rotatable bonds is 8. The first-order valence-corrected chi connectivity index (χ1v) is 9.46. The van der Waals surface area contributed by atoms with E-state index in [9.17, 15) is 13.2 Å². The highest BCUT2D eigenvalue weighted by Crippen LogP contribution is 2.14. The fourth-order valence-electron chi connectivity index (χ4n) is 2.25. The van der Waals surface area contributed by atoms with Crippen LogP contribution in [0.4, 0.5) is 0 Å². The van der Waals surface area contributed by atoms with Crippen LogP contribution in [0.15, 0.2) is 0 Å². The van der Waals surface area contributed by atoms with E-state index >= 15 is 0 Å². The lowest BCUT2D eigenvalue weighted by Crippen LogP contribution is -2.41. The van der Waals surface area contributed by atoms with Crippen molar-refractivity contribution < 1.29 is 17.9 Å². The molecule has 124 valence electrons. The summed E-state index contributed by atoms with van der Waals surface area (Å²) >= 11 is 0. The lowest BCUT2D eigenvalue weighted by molar-refractivity contribution is -0.127. The van der Waals surface area contributed by atoms with Crippen LogP contribution in [0, 0.1) is 11.8 Å². The van der Waals surface area contributed by atoms with E-state index in [4.69, 9.17) is 4.74 Å². The minimum absolute atomic E-state index is 0.00102. The molecule has 1 aliphatic heterocycles. The zero-order valence-electron chi connectivity index (χ0n) is 13.3. The zero-order valence-corrected chi connectivity index (χ0v) is 14.1. The SMILES string of the molecule is CC(C)CCN(CCNC(=O)C1CCOCC1)S(C)(=O)=O. The van der Waals surface area contributed by atoms with Crippen LogP contribution in [0.2, 0.25) is 0 Å². The molecule has 1 aliphatic rings. The predicted octanol–water partition coefficient (Wildman–Crippen LogP) is 0.837. The highest BCUT2D eigenvalue weighted by Gasteiger charge is 2.22. The highest BCUT2D eigenvalue weighted by atomic mass is 32.2. The summed E-state index contributed by atoms with van der Waals surface area (Å²) in [5.74, 6) is 0.461. The van der Waals surface area contributed by atoms with Crippen LogP contribution < -0.4 is 5.32 Å². The molecule has 6 nitrogen and oxygen atoms in total. The van der Waals surface area contributed by atoms with Crippen LogP contribution >= 0.6 is 0 Å². The van der Waals surface area contributed by atoms with Gasteiger partial charge in [-0.15, -0.1) is 0 Å². The van der Waals surface area contributed by atoms with Crippen molar-refractivity contribution in [2.75, 3.05) is 39.1 Å². The Morgan fingerprint density at radius 2 is 1.90 bits per heavy atom. The molecule has 1 N–H and O–H groups in total. The van der Waals surface area contributed by atoms with E-state index in [2.05, 4.69) is 19.2 Å². The Bertz CT molecular complexity index is 417. The maximum atomic E-state index is 12.0. The average Bonchev–Trinajstić information content (AvgIpc) is 2.41. The predicted molar refractivity (Wildman–Crippen MR) is 82.4 cm³/mol. The van der Waals surface area contributed by atoms with Crippen molar-refractivity contribution in [2.24, 2.45) is 11.8 Å². The molecular weight excluding hydrogens is 292 g/mol. The van der Waals surface area contributed by atoms with Crippen molar-refractivity contribution in [3.05, 3.63) is 0 Å². The largest absolute Gasteiger partial charge is 0.381 e. The Hall–Kier alpha value is -0.660. The quantitative estimate of drug-likeness (QED) is 0.719. The maximum Gasteiger partial charge on any atom is 0.223 e. The number of sulfonamides is 1. The third-order valence-electron chi connectivity index (χ3n) is 3.68. The Morgan fingerprint density at radius 1 is 1.29 bits per heavy atom. The molecule has 1 rings (SSSR count). The van der Waals surface area contributed by atoms with Gasteiger partial charge in [0.1, 0.15) is 0 Å². The van der Waals surface area contributed by atoms with Gasteiger partial charge >= 0.3 is 0 Å². The molecular formula is C14H28N2O4S. The summed E-state index contributed by atoms with van der Waals surface area (Å²) in [5, 5.41) is 2.84. The van der Waals surface area contributed by atoms with Gasteiger partial charge in [-0.05, 0) is 25.2 Å². The molecule has 0 aromatic carbocycles. The average molecular weight is 320 g/mol. The van der Waals surface area contributed by atoms with Crippen molar-refractivity contribution in [2.45, 2.75) is 33.1 Å². The van der Waals surface area contributed by atoms with Crippen molar-refractivity contribution >= 4 is 15.9 Å². The number of carbonyl (C=O) groups is 1. The number of carbonyl (C=O) groups excluding carboxylic acids is 1. The van der Waals surface area contributed by atoms with E-state index < -0.39 is 10.0 Å². The van der Waals surface area contributed by atoms with Crippen LogP contribution in [0.1, 0.15) is 33.1 Å². The third-order valence-corrected chi connectivity index (χ3v) is 4.98. The number of nitrogens with one attached hydrogen (secondary N) is 1. The lowest BCUT2D eigenvalue weighted by atomic mass is 9.99. The Morgan fingerprint density at radius 3 is 2.43 bits per heavy atom. The molecule has 0 aromatic heterocycles. The molecule has 1 saturated heterocycles. The molecule has 0 atom stereocenters. The summed E-state index contributed by atoms with van der Waals surface area (Å²) in [5.41, 5.74) is 0. The van der Waals surface area contributed by atoms with Gasteiger partial charge in [-0.2, -0.15) is 0 Å². The van der Waals surface area contributed by atoms with E-state index in [1.54, 1.807) is 0 Å². The molecule has 7 heteroatoms. The summed E-state index contributed by atoms with van der Waals surface area (Å²) in [6.07, 6.45) is 3.53. The summed E-state index contributed by atoms with van der Waals surface area (Å²) in [4.78, 5) is 12.0. The Kier molecular flexibility index (Phi) is 7.62. The number of nitrogens with zero attached hydrogens (tertiary/aromatic N) is 1. The zero-order chi connectivity index (χ0) is 15.9. The second-order valence-electron chi connectivity index (χ2n) is 6.02. The maximum absolute atomic E-state index is 12.0. The molecule has 1 heterocycles. The smallest absolute Gasteiger partial charge is 0.223 e. The normalized spacial score (nSPS) is 17.4. The Balaban J connectivity index is 2.36. The van der Waals surface area contributed by atoms with Gasteiger partial charge in [-0.25, -0.2) is 12.7 Å². The van der Waals surface area contributed by atoms with Crippen molar-refractivity contribution in [1.29, 1.82) is 0 Å². The van der Waals surface area contributed by atoms with E-state index in [0.717, 1.165) is 19.3 Å².